The van der Waals surface area contributed by atoms with Gasteiger partial charge < -0.3 is 5.43 Å². The van der Waals surface area contributed by atoms with Gasteiger partial charge in [0.15, 0.2) is 5.84 Å². The van der Waals surface area contributed by atoms with Crippen LogP contribution in [0, 0.1) is 0 Å². The molecule has 3 N–H and O–H groups in total. The van der Waals surface area contributed by atoms with Crippen LogP contribution >= 0.6 is 27.3 Å². The van der Waals surface area contributed by atoms with Gasteiger partial charge in [-0.15, -0.1) is 11.3 Å². The molecule has 0 aliphatic carbocycles. The zero-order chi connectivity index (χ0) is 9.84. The molecule has 0 saturated heterocycles. The smallest absolute Gasteiger partial charge is 0.153 e. The number of hydrogen-bond donors (Lipinski definition) is 2. The first-order valence-corrected chi connectivity index (χ1v) is 5.54. The molecule has 1 heterocycles. The monoisotopic (exact) mass is 261 g/mol. The third-order valence-electron chi connectivity index (χ3n) is 1.33. The quantitative estimate of drug-likeness (QED) is 0.371. The molecule has 3 nitrogen and oxygen atoms in total. The number of thiophene rings is 1. The number of halogens is 1. The van der Waals surface area contributed by atoms with Crippen molar-refractivity contribution in [1.29, 1.82) is 0 Å². The van der Waals surface area contributed by atoms with Crippen LogP contribution in [-0.2, 0) is 0 Å². The Morgan fingerprint density at radius 3 is 2.69 bits per heavy atom. The average Bonchev–Trinajstić information content (AvgIpc) is 2.47. The van der Waals surface area contributed by atoms with E-state index in [1.165, 1.54) is 0 Å². The van der Waals surface area contributed by atoms with Gasteiger partial charge in [-0.3, -0.25) is 4.99 Å². The van der Waals surface area contributed by atoms with Gasteiger partial charge in [0.25, 0.3) is 0 Å². The molecule has 0 bridgehead atoms. The van der Waals surface area contributed by atoms with E-state index < -0.39 is 0 Å². The van der Waals surface area contributed by atoms with Gasteiger partial charge >= 0.3 is 0 Å². The van der Waals surface area contributed by atoms with Gasteiger partial charge in [0, 0.05) is 6.04 Å². The molecule has 5 heteroatoms. The highest BCUT2D eigenvalue weighted by atomic mass is 79.9. The Labute approximate surface area is 90.2 Å². The number of nitrogens with two attached hydrogens (primary N) is 1. The SMILES string of the molecule is CC(C)N=C(NN)c1ccc(Br)s1. The molecule has 1 rings (SSSR count). The van der Waals surface area contributed by atoms with Crippen LogP contribution in [0.15, 0.2) is 20.9 Å². The molecule has 0 amide bonds. The van der Waals surface area contributed by atoms with Gasteiger partial charge in [-0.1, -0.05) is 0 Å². The zero-order valence-corrected chi connectivity index (χ0v) is 9.95. The van der Waals surface area contributed by atoms with Crippen LogP contribution in [0.2, 0.25) is 0 Å². The minimum Gasteiger partial charge on any atom is -0.308 e. The summed E-state index contributed by atoms with van der Waals surface area (Å²) in [6.45, 7) is 4.03. The maximum Gasteiger partial charge on any atom is 0.153 e. The number of rotatable bonds is 2. The fraction of sp³-hybridized carbons (Fsp3) is 0.375. The van der Waals surface area contributed by atoms with Crippen molar-refractivity contribution in [2.24, 2.45) is 10.8 Å². The Bertz CT molecular complexity index is 306. The Morgan fingerprint density at radius 1 is 1.62 bits per heavy atom. The van der Waals surface area contributed by atoms with E-state index >= 15 is 0 Å². The van der Waals surface area contributed by atoms with Gasteiger partial charge in [-0.05, 0) is 41.9 Å². The number of nitrogens with zero attached hydrogens (tertiary/aromatic N) is 1. The third kappa shape index (κ3) is 3.10. The Balaban J connectivity index is 2.90. The molecule has 0 aromatic carbocycles. The number of amidine groups is 1. The first-order chi connectivity index (χ1) is 6.13. The van der Waals surface area contributed by atoms with Gasteiger partial charge in [0.2, 0.25) is 0 Å². The van der Waals surface area contributed by atoms with Gasteiger partial charge in [0.1, 0.15) is 0 Å². The van der Waals surface area contributed by atoms with Gasteiger partial charge in [0.05, 0.1) is 8.66 Å². The van der Waals surface area contributed by atoms with E-state index in [2.05, 4.69) is 26.3 Å². The molecule has 13 heavy (non-hydrogen) atoms. The zero-order valence-electron chi connectivity index (χ0n) is 7.54. The lowest BCUT2D eigenvalue weighted by Gasteiger charge is -2.04. The molecule has 1 aromatic rings. The number of hydrazine groups is 1. The minimum atomic E-state index is 0.243. The molecule has 0 atom stereocenters. The highest BCUT2D eigenvalue weighted by molar-refractivity contribution is 9.11. The fourth-order valence-electron chi connectivity index (χ4n) is 0.872. The molecule has 0 spiro atoms. The lowest BCUT2D eigenvalue weighted by Crippen LogP contribution is -2.31. The minimum absolute atomic E-state index is 0.243. The lowest BCUT2D eigenvalue weighted by molar-refractivity contribution is 0.821. The second-order valence-corrected chi connectivity index (χ2v) is 5.28. The Hall–Kier alpha value is -0.390. The van der Waals surface area contributed by atoms with E-state index in [0.717, 1.165) is 14.5 Å². The van der Waals surface area contributed by atoms with Crippen molar-refractivity contribution in [3.8, 4) is 0 Å². The molecule has 0 fully saturated rings. The largest absolute Gasteiger partial charge is 0.308 e. The van der Waals surface area contributed by atoms with Crippen molar-refractivity contribution in [3.63, 3.8) is 0 Å². The predicted octanol–water partition coefficient (Wildman–Crippen LogP) is 2.13. The van der Waals surface area contributed by atoms with Crippen LogP contribution in [0.3, 0.4) is 0 Å². The summed E-state index contributed by atoms with van der Waals surface area (Å²) >= 11 is 5.00. The molecular weight excluding hydrogens is 250 g/mol. The second kappa shape index (κ2) is 4.74. The molecule has 0 aliphatic heterocycles. The number of nitrogens with one attached hydrogen (secondary N) is 1. The summed E-state index contributed by atoms with van der Waals surface area (Å²) < 4.78 is 1.08. The van der Waals surface area contributed by atoms with Crippen molar-refractivity contribution >= 4 is 33.1 Å². The highest BCUT2D eigenvalue weighted by Gasteiger charge is 2.05. The second-order valence-electron chi connectivity index (χ2n) is 2.82. The Kier molecular flexibility index (Phi) is 3.90. The lowest BCUT2D eigenvalue weighted by atomic mass is 10.4. The van der Waals surface area contributed by atoms with Crippen molar-refractivity contribution in [3.05, 3.63) is 20.8 Å². The summed E-state index contributed by atoms with van der Waals surface area (Å²) in [4.78, 5) is 5.39. The van der Waals surface area contributed by atoms with Crippen molar-refractivity contribution in [1.82, 2.24) is 5.43 Å². The van der Waals surface area contributed by atoms with Crippen LogP contribution < -0.4 is 11.3 Å². The van der Waals surface area contributed by atoms with Crippen LogP contribution in [0.5, 0.6) is 0 Å². The first kappa shape index (κ1) is 10.7. The summed E-state index contributed by atoms with van der Waals surface area (Å²) in [5.74, 6) is 6.11. The summed E-state index contributed by atoms with van der Waals surface area (Å²) in [7, 11) is 0. The molecule has 0 radical (unpaired) electrons. The fourth-order valence-corrected chi connectivity index (χ4v) is 2.22. The normalized spacial score (nSPS) is 12.2. The molecule has 1 aromatic heterocycles. The Morgan fingerprint density at radius 2 is 2.31 bits per heavy atom. The van der Waals surface area contributed by atoms with E-state index in [0.29, 0.717) is 0 Å². The maximum atomic E-state index is 5.37. The maximum absolute atomic E-state index is 5.37. The van der Waals surface area contributed by atoms with Crippen molar-refractivity contribution in [2.45, 2.75) is 19.9 Å². The van der Waals surface area contributed by atoms with E-state index in [9.17, 15) is 0 Å². The summed E-state index contributed by atoms with van der Waals surface area (Å²) in [5, 5.41) is 0. The van der Waals surface area contributed by atoms with E-state index in [1.54, 1.807) is 11.3 Å². The van der Waals surface area contributed by atoms with Crippen molar-refractivity contribution < 1.29 is 0 Å². The molecule has 0 unspecified atom stereocenters. The van der Waals surface area contributed by atoms with E-state index in [-0.39, 0.29) is 6.04 Å². The van der Waals surface area contributed by atoms with Crippen LogP contribution in [0.25, 0.3) is 0 Å². The van der Waals surface area contributed by atoms with Gasteiger partial charge in [-0.25, -0.2) is 5.84 Å². The third-order valence-corrected chi connectivity index (χ3v) is 2.96. The van der Waals surface area contributed by atoms with Crippen LogP contribution in [-0.4, -0.2) is 11.9 Å². The summed E-state index contributed by atoms with van der Waals surface area (Å²) in [5.41, 5.74) is 2.60. The number of hydrogen-bond acceptors (Lipinski definition) is 3. The van der Waals surface area contributed by atoms with Gasteiger partial charge in [-0.2, -0.15) is 0 Å². The van der Waals surface area contributed by atoms with E-state index in [1.807, 2.05) is 26.0 Å². The summed E-state index contributed by atoms with van der Waals surface area (Å²) in [6.07, 6.45) is 0. The molecule has 0 aliphatic rings. The highest BCUT2D eigenvalue weighted by Crippen LogP contribution is 2.22. The number of aliphatic imine (C=N–C) groups is 1. The first-order valence-electron chi connectivity index (χ1n) is 3.93. The van der Waals surface area contributed by atoms with E-state index in [4.69, 9.17) is 5.84 Å². The topological polar surface area (TPSA) is 50.4 Å². The molecule has 72 valence electrons. The summed E-state index contributed by atoms with van der Waals surface area (Å²) in [6, 6.07) is 4.20. The van der Waals surface area contributed by atoms with Crippen molar-refractivity contribution in [2.75, 3.05) is 0 Å². The van der Waals surface area contributed by atoms with Crippen LogP contribution in [0.4, 0.5) is 0 Å². The van der Waals surface area contributed by atoms with Crippen LogP contribution in [0.1, 0.15) is 18.7 Å². The molecule has 0 saturated carbocycles. The predicted molar refractivity (Wildman–Crippen MR) is 61.0 cm³/mol. The molecular formula is C8H12BrN3S. The standard InChI is InChI=1S/C8H12BrN3S/c1-5(2)11-8(12-10)6-3-4-7(9)13-6/h3-5H,10H2,1-2H3,(H,11,12). The average molecular weight is 262 g/mol.